The van der Waals surface area contributed by atoms with Crippen LogP contribution in [-0.4, -0.2) is 5.97 Å². The molecule has 3 heteroatoms. The normalized spacial score (nSPS) is 9.91. The molecule has 0 saturated carbocycles. The highest BCUT2D eigenvalue weighted by molar-refractivity contribution is 5.91. The van der Waals surface area contributed by atoms with Gasteiger partial charge >= 0.3 is 5.97 Å². The minimum Gasteiger partial charge on any atom is -0.423 e. The molecule has 3 rings (SSSR count). The van der Waals surface area contributed by atoms with E-state index in [1.165, 1.54) is 30.5 Å². The number of benzene rings is 3. The predicted octanol–water partition coefficient (Wildman–Crippen LogP) is 6.94. The van der Waals surface area contributed by atoms with Crippen LogP contribution in [0.1, 0.15) is 72.1 Å². The van der Waals surface area contributed by atoms with Crippen LogP contribution in [-0.2, 0) is 6.42 Å². The Labute approximate surface area is 195 Å². The number of esters is 1. The number of rotatable bonds is 6. The molecule has 0 aliphatic heterocycles. The third-order valence-electron chi connectivity index (χ3n) is 5.05. The Kier molecular flexibility index (Phi) is 8.87. The van der Waals surface area contributed by atoms with Crippen molar-refractivity contribution in [3.8, 4) is 29.4 Å². The quantitative estimate of drug-likeness (QED) is 0.180. The summed E-state index contributed by atoms with van der Waals surface area (Å²) in [5.41, 5.74) is 3.56. The van der Waals surface area contributed by atoms with Crippen molar-refractivity contribution in [2.75, 3.05) is 0 Å². The molecule has 0 aliphatic carbocycles. The lowest BCUT2D eigenvalue weighted by atomic mass is 10.1. The zero-order valence-electron chi connectivity index (χ0n) is 19.1. The Bertz CT molecular complexity index is 1200. The highest BCUT2D eigenvalue weighted by Gasteiger charge is 2.10. The van der Waals surface area contributed by atoms with Crippen LogP contribution in [0.25, 0.3) is 0 Å². The largest absolute Gasteiger partial charge is 0.423 e. The molecule has 0 heterocycles. The molecule has 0 aliphatic rings. The number of carbonyl (C=O) groups is 1. The van der Waals surface area contributed by atoms with E-state index in [4.69, 9.17) is 4.74 Å². The van der Waals surface area contributed by atoms with Gasteiger partial charge in [0, 0.05) is 23.6 Å². The Hall–Kier alpha value is -3.82. The lowest BCUT2D eigenvalue weighted by Crippen LogP contribution is -2.08. The molecule has 0 spiro atoms. The van der Waals surface area contributed by atoms with Gasteiger partial charge in [0.2, 0.25) is 0 Å². The fourth-order valence-electron chi connectivity index (χ4n) is 3.18. The number of ether oxygens (including phenoxy) is 1. The van der Waals surface area contributed by atoms with Crippen molar-refractivity contribution in [2.45, 2.75) is 46.0 Å². The fourth-order valence-corrected chi connectivity index (χ4v) is 3.18. The van der Waals surface area contributed by atoms with E-state index in [0.717, 1.165) is 30.4 Å². The van der Waals surface area contributed by atoms with Gasteiger partial charge in [-0.15, -0.1) is 0 Å². The van der Waals surface area contributed by atoms with Crippen molar-refractivity contribution in [3.63, 3.8) is 0 Å². The van der Waals surface area contributed by atoms with Crippen LogP contribution in [0.4, 0.5) is 4.39 Å². The summed E-state index contributed by atoms with van der Waals surface area (Å²) < 4.78 is 19.8. The number of hydrogen-bond donors (Lipinski definition) is 0. The molecule has 0 N–H and O–H groups in total. The summed E-state index contributed by atoms with van der Waals surface area (Å²) in [7, 11) is 0. The zero-order chi connectivity index (χ0) is 23.5. The van der Waals surface area contributed by atoms with E-state index in [9.17, 15) is 9.18 Å². The SMILES string of the molecule is CCC#Cc1ccc(C#Cc2ccc(OC(=O)c3ccc(CCCCC)cc3)cc2F)cc1. The van der Waals surface area contributed by atoms with Crippen molar-refractivity contribution in [1.82, 2.24) is 0 Å². The third-order valence-corrected chi connectivity index (χ3v) is 5.05. The van der Waals surface area contributed by atoms with Gasteiger partial charge in [0.25, 0.3) is 0 Å². The van der Waals surface area contributed by atoms with E-state index >= 15 is 0 Å². The van der Waals surface area contributed by atoms with Gasteiger partial charge < -0.3 is 4.74 Å². The van der Waals surface area contributed by atoms with E-state index in [0.29, 0.717) is 5.56 Å². The van der Waals surface area contributed by atoms with Gasteiger partial charge in [0.15, 0.2) is 0 Å². The number of halogens is 1. The van der Waals surface area contributed by atoms with E-state index < -0.39 is 11.8 Å². The molecule has 0 saturated heterocycles. The van der Waals surface area contributed by atoms with Gasteiger partial charge in [-0.25, -0.2) is 9.18 Å². The smallest absolute Gasteiger partial charge is 0.343 e. The molecular weight excluding hydrogens is 411 g/mol. The molecule has 0 unspecified atom stereocenters. The van der Waals surface area contributed by atoms with Crippen LogP contribution in [0.5, 0.6) is 5.75 Å². The van der Waals surface area contributed by atoms with Crippen molar-refractivity contribution in [1.29, 1.82) is 0 Å². The zero-order valence-corrected chi connectivity index (χ0v) is 19.1. The second-order valence-electron chi connectivity index (χ2n) is 7.67. The molecular formula is C30H27FO2. The number of unbranched alkanes of at least 4 members (excludes halogenated alkanes) is 2. The maximum Gasteiger partial charge on any atom is 0.343 e. The molecule has 0 radical (unpaired) electrons. The number of hydrogen-bond acceptors (Lipinski definition) is 2. The number of carbonyl (C=O) groups excluding carboxylic acids is 1. The van der Waals surface area contributed by atoms with Crippen LogP contribution < -0.4 is 4.74 Å². The van der Waals surface area contributed by atoms with E-state index in [1.54, 1.807) is 18.2 Å². The molecule has 0 bridgehead atoms. The average molecular weight is 439 g/mol. The van der Waals surface area contributed by atoms with Crippen LogP contribution in [0.15, 0.2) is 66.7 Å². The molecule has 33 heavy (non-hydrogen) atoms. The molecule has 2 nitrogen and oxygen atoms in total. The molecule has 3 aromatic rings. The topological polar surface area (TPSA) is 26.3 Å². The summed E-state index contributed by atoms with van der Waals surface area (Å²) in [6, 6.07) is 19.1. The summed E-state index contributed by atoms with van der Waals surface area (Å²) >= 11 is 0. The van der Waals surface area contributed by atoms with Crippen molar-refractivity contribution in [3.05, 3.63) is 100 Å². The minimum absolute atomic E-state index is 0.147. The predicted molar refractivity (Wildman–Crippen MR) is 131 cm³/mol. The highest BCUT2D eigenvalue weighted by Crippen LogP contribution is 2.18. The average Bonchev–Trinajstić information content (AvgIpc) is 2.83. The van der Waals surface area contributed by atoms with E-state index in [2.05, 4.69) is 30.6 Å². The molecule has 0 aromatic heterocycles. The first-order valence-electron chi connectivity index (χ1n) is 11.3. The molecule has 3 aromatic carbocycles. The molecule has 166 valence electrons. The van der Waals surface area contributed by atoms with Gasteiger partial charge in [-0.3, -0.25) is 0 Å². The van der Waals surface area contributed by atoms with Gasteiger partial charge in [0.1, 0.15) is 11.6 Å². The second kappa shape index (κ2) is 12.3. The van der Waals surface area contributed by atoms with Crippen molar-refractivity contribution >= 4 is 5.97 Å². The lowest BCUT2D eigenvalue weighted by Gasteiger charge is -2.06. The van der Waals surface area contributed by atoms with Crippen molar-refractivity contribution in [2.24, 2.45) is 0 Å². The Morgan fingerprint density at radius 1 is 0.848 bits per heavy atom. The van der Waals surface area contributed by atoms with Gasteiger partial charge in [-0.1, -0.05) is 62.5 Å². The molecule has 0 fully saturated rings. The summed E-state index contributed by atoms with van der Waals surface area (Å²) in [4.78, 5) is 12.4. The molecule has 0 amide bonds. The summed E-state index contributed by atoms with van der Waals surface area (Å²) in [6.07, 6.45) is 5.29. The van der Waals surface area contributed by atoms with Crippen molar-refractivity contribution < 1.29 is 13.9 Å². The van der Waals surface area contributed by atoms with Crippen LogP contribution in [0.2, 0.25) is 0 Å². The second-order valence-corrected chi connectivity index (χ2v) is 7.67. The Morgan fingerprint density at radius 3 is 2.18 bits per heavy atom. The van der Waals surface area contributed by atoms with Gasteiger partial charge in [-0.2, -0.15) is 0 Å². The standard InChI is InChI=1S/C30H27FO2/c1-3-5-7-9-24-15-18-27(19-16-24)30(32)33-28-21-20-26(29(31)22-28)17-14-25-12-10-23(11-13-25)8-6-4-2/h10-13,15-16,18-22H,3-5,7,9H2,1-2H3. The first-order valence-corrected chi connectivity index (χ1v) is 11.3. The van der Waals surface area contributed by atoms with E-state index in [-0.39, 0.29) is 11.3 Å². The monoisotopic (exact) mass is 438 g/mol. The van der Waals surface area contributed by atoms with Gasteiger partial charge in [-0.05, 0) is 66.9 Å². The maximum atomic E-state index is 14.5. The van der Waals surface area contributed by atoms with Crippen LogP contribution in [0, 0.1) is 29.5 Å². The summed E-state index contributed by atoms with van der Waals surface area (Å²) in [5, 5.41) is 0. The van der Waals surface area contributed by atoms with Gasteiger partial charge in [0.05, 0.1) is 11.1 Å². The summed E-state index contributed by atoms with van der Waals surface area (Å²) in [6.45, 7) is 4.17. The summed E-state index contributed by atoms with van der Waals surface area (Å²) in [5.74, 6) is 10.9. The van der Waals surface area contributed by atoms with Crippen LogP contribution >= 0.6 is 0 Å². The Morgan fingerprint density at radius 2 is 1.55 bits per heavy atom. The molecule has 0 atom stereocenters. The lowest BCUT2D eigenvalue weighted by molar-refractivity contribution is 0.0734. The maximum absolute atomic E-state index is 14.5. The van der Waals surface area contributed by atoms with E-state index in [1.807, 2.05) is 43.3 Å². The first kappa shape index (κ1) is 23.8. The number of aryl methyl sites for hydroxylation is 1. The fraction of sp³-hybridized carbons (Fsp3) is 0.233. The Balaban J connectivity index is 1.62. The first-order chi connectivity index (χ1) is 16.1. The van der Waals surface area contributed by atoms with Crippen LogP contribution in [0.3, 0.4) is 0 Å². The minimum atomic E-state index is -0.537. The third kappa shape index (κ3) is 7.37. The highest BCUT2D eigenvalue weighted by atomic mass is 19.1.